The van der Waals surface area contributed by atoms with Crippen LogP contribution in [0, 0.1) is 6.92 Å². The normalized spacial score (nSPS) is 19.4. The van der Waals surface area contributed by atoms with Gasteiger partial charge in [-0.2, -0.15) is 4.98 Å². The molecule has 108 valence electrons. The molecule has 0 bridgehead atoms. The molecule has 0 spiro atoms. The second-order valence-electron chi connectivity index (χ2n) is 5.61. The number of hydrogen-bond acceptors (Lipinski definition) is 4. The van der Waals surface area contributed by atoms with E-state index in [2.05, 4.69) is 40.2 Å². The molecule has 0 aliphatic carbocycles. The van der Waals surface area contributed by atoms with Crippen molar-refractivity contribution in [3.8, 4) is 0 Å². The van der Waals surface area contributed by atoms with E-state index in [9.17, 15) is 0 Å². The molecule has 2 aromatic rings. The number of rotatable bonds is 4. The molecule has 1 aliphatic heterocycles. The topological polar surface area (TPSA) is 45.5 Å². The molecule has 1 N–H and O–H groups in total. The first-order valence-electron chi connectivity index (χ1n) is 7.57. The predicted molar refractivity (Wildman–Crippen MR) is 81.3 cm³/mol. The standard InChI is InChI=1S/C15H23N5/c1-3-19(11-13-6-4-5-9-16-13)15-17-14-8-7-12(2)10-20(14)18-15/h7-8,10,13,16H,3-6,9,11H2,1-2H3. The molecule has 1 fully saturated rings. The van der Waals surface area contributed by atoms with E-state index in [4.69, 9.17) is 0 Å². The smallest absolute Gasteiger partial charge is 0.245 e. The summed E-state index contributed by atoms with van der Waals surface area (Å²) < 4.78 is 1.88. The fourth-order valence-electron chi connectivity index (χ4n) is 2.81. The van der Waals surface area contributed by atoms with Gasteiger partial charge in [0, 0.05) is 25.3 Å². The van der Waals surface area contributed by atoms with Gasteiger partial charge >= 0.3 is 0 Å². The minimum atomic E-state index is 0.567. The van der Waals surface area contributed by atoms with Crippen LogP contribution in [0.1, 0.15) is 31.7 Å². The van der Waals surface area contributed by atoms with Crippen molar-refractivity contribution in [1.82, 2.24) is 19.9 Å². The molecule has 1 atom stereocenters. The fraction of sp³-hybridized carbons (Fsp3) is 0.600. The third kappa shape index (κ3) is 2.77. The summed E-state index contributed by atoms with van der Waals surface area (Å²) in [5.41, 5.74) is 2.12. The maximum atomic E-state index is 4.64. The molecule has 2 aromatic heterocycles. The van der Waals surface area contributed by atoms with Crippen molar-refractivity contribution in [2.24, 2.45) is 0 Å². The molecule has 0 amide bonds. The first-order valence-corrected chi connectivity index (χ1v) is 7.57. The first-order chi connectivity index (χ1) is 9.76. The SMILES string of the molecule is CCN(CC1CCCCN1)c1nc2ccc(C)cn2n1. The number of anilines is 1. The highest BCUT2D eigenvalue weighted by Crippen LogP contribution is 2.14. The number of fused-ring (bicyclic) bond motifs is 1. The second kappa shape index (κ2) is 5.79. The zero-order chi connectivity index (χ0) is 13.9. The summed E-state index contributed by atoms with van der Waals surface area (Å²) in [7, 11) is 0. The molecular formula is C15H23N5. The van der Waals surface area contributed by atoms with Gasteiger partial charge in [0.05, 0.1) is 0 Å². The van der Waals surface area contributed by atoms with Crippen LogP contribution in [-0.2, 0) is 0 Å². The highest BCUT2D eigenvalue weighted by molar-refractivity contribution is 5.45. The molecule has 20 heavy (non-hydrogen) atoms. The maximum absolute atomic E-state index is 4.64. The van der Waals surface area contributed by atoms with Gasteiger partial charge in [-0.1, -0.05) is 12.5 Å². The Bertz CT molecular complexity index is 571. The summed E-state index contributed by atoms with van der Waals surface area (Å²) in [6.45, 7) is 7.31. The Hall–Kier alpha value is -1.62. The Labute approximate surface area is 120 Å². The van der Waals surface area contributed by atoms with Gasteiger partial charge in [-0.05, 0) is 44.9 Å². The molecule has 1 unspecified atom stereocenters. The highest BCUT2D eigenvalue weighted by Gasteiger charge is 2.18. The van der Waals surface area contributed by atoms with Crippen LogP contribution in [-0.4, -0.2) is 40.3 Å². The minimum Gasteiger partial charge on any atom is -0.338 e. The average Bonchev–Trinajstić information content (AvgIpc) is 2.88. The van der Waals surface area contributed by atoms with Gasteiger partial charge in [0.25, 0.3) is 0 Å². The molecular weight excluding hydrogens is 250 g/mol. The van der Waals surface area contributed by atoms with E-state index >= 15 is 0 Å². The number of nitrogens with one attached hydrogen (secondary N) is 1. The van der Waals surface area contributed by atoms with Crippen LogP contribution in [0.15, 0.2) is 18.3 Å². The van der Waals surface area contributed by atoms with Gasteiger partial charge in [-0.3, -0.25) is 0 Å². The lowest BCUT2D eigenvalue weighted by molar-refractivity contribution is 0.399. The number of hydrogen-bond donors (Lipinski definition) is 1. The van der Waals surface area contributed by atoms with Gasteiger partial charge in [0.1, 0.15) is 0 Å². The van der Waals surface area contributed by atoms with E-state index in [0.717, 1.165) is 31.2 Å². The van der Waals surface area contributed by atoms with E-state index in [1.807, 2.05) is 16.8 Å². The van der Waals surface area contributed by atoms with E-state index in [1.165, 1.54) is 24.8 Å². The van der Waals surface area contributed by atoms with Crippen molar-refractivity contribution in [3.05, 3.63) is 23.9 Å². The zero-order valence-electron chi connectivity index (χ0n) is 12.3. The van der Waals surface area contributed by atoms with Crippen molar-refractivity contribution in [1.29, 1.82) is 0 Å². The molecule has 3 rings (SSSR count). The van der Waals surface area contributed by atoms with E-state index in [0.29, 0.717) is 6.04 Å². The number of likely N-dealkylation sites (N-methyl/N-ethyl adjacent to an activating group) is 1. The first kappa shape index (κ1) is 13.4. The Morgan fingerprint density at radius 3 is 3.05 bits per heavy atom. The van der Waals surface area contributed by atoms with Crippen molar-refractivity contribution in [2.45, 2.75) is 39.2 Å². The van der Waals surface area contributed by atoms with E-state index < -0.39 is 0 Å². The maximum Gasteiger partial charge on any atom is 0.245 e. The molecule has 1 saturated heterocycles. The number of pyridine rings is 1. The Morgan fingerprint density at radius 1 is 1.40 bits per heavy atom. The molecule has 0 aromatic carbocycles. The number of nitrogens with zero attached hydrogens (tertiary/aromatic N) is 4. The largest absolute Gasteiger partial charge is 0.338 e. The van der Waals surface area contributed by atoms with Gasteiger partial charge in [-0.25, -0.2) is 4.52 Å². The average molecular weight is 273 g/mol. The molecule has 3 heterocycles. The fourth-order valence-corrected chi connectivity index (χ4v) is 2.81. The monoisotopic (exact) mass is 273 g/mol. The summed E-state index contributed by atoms with van der Waals surface area (Å²) in [5.74, 6) is 0.838. The molecule has 1 aliphatic rings. The van der Waals surface area contributed by atoms with Gasteiger partial charge in [-0.15, -0.1) is 5.10 Å². The van der Waals surface area contributed by atoms with Crippen LogP contribution in [0.25, 0.3) is 5.65 Å². The molecule has 0 saturated carbocycles. The van der Waals surface area contributed by atoms with Crippen LogP contribution in [0.5, 0.6) is 0 Å². The van der Waals surface area contributed by atoms with Gasteiger partial charge in [0.15, 0.2) is 5.65 Å². The van der Waals surface area contributed by atoms with Crippen LogP contribution in [0.3, 0.4) is 0 Å². The van der Waals surface area contributed by atoms with Crippen LogP contribution < -0.4 is 10.2 Å². The predicted octanol–water partition coefficient (Wildman–Crippen LogP) is 2.01. The van der Waals surface area contributed by atoms with Crippen molar-refractivity contribution in [2.75, 3.05) is 24.5 Å². The number of aromatic nitrogens is 3. The molecule has 5 heteroatoms. The summed E-state index contributed by atoms with van der Waals surface area (Å²) in [4.78, 5) is 6.91. The zero-order valence-corrected chi connectivity index (χ0v) is 12.3. The Kier molecular flexibility index (Phi) is 3.87. The van der Waals surface area contributed by atoms with E-state index in [1.54, 1.807) is 0 Å². The van der Waals surface area contributed by atoms with Crippen LogP contribution in [0.4, 0.5) is 5.95 Å². The van der Waals surface area contributed by atoms with E-state index in [-0.39, 0.29) is 0 Å². The van der Waals surface area contributed by atoms with Gasteiger partial charge in [0.2, 0.25) is 5.95 Å². The van der Waals surface area contributed by atoms with Crippen molar-refractivity contribution < 1.29 is 0 Å². The molecule has 0 radical (unpaired) electrons. The lowest BCUT2D eigenvalue weighted by atomic mass is 10.0. The summed E-state index contributed by atoms with van der Waals surface area (Å²) in [6, 6.07) is 4.67. The Morgan fingerprint density at radius 2 is 2.30 bits per heavy atom. The highest BCUT2D eigenvalue weighted by atomic mass is 15.4. The second-order valence-corrected chi connectivity index (χ2v) is 5.61. The Balaban J connectivity index is 1.79. The van der Waals surface area contributed by atoms with Crippen molar-refractivity contribution in [3.63, 3.8) is 0 Å². The van der Waals surface area contributed by atoms with Gasteiger partial charge < -0.3 is 10.2 Å². The quantitative estimate of drug-likeness (QED) is 0.925. The summed E-state index contributed by atoms with van der Waals surface area (Å²) >= 11 is 0. The van der Waals surface area contributed by atoms with Crippen molar-refractivity contribution >= 4 is 11.6 Å². The summed E-state index contributed by atoms with van der Waals surface area (Å²) in [6.07, 6.45) is 5.91. The molecule has 5 nitrogen and oxygen atoms in total. The third-order valence-electron chi connectivity index (χ3n) is 3.99. The summed E-state index contributed by atoms with van der Waals surface area (Å²) in [5, 5.41) is 8.21. The third-order valence-corrected chi connectivity index (χ3v) is 3.99. The van der Waals surface area contributed by atoms with Crippen LogP contribution in [0.2, 0.25) is 0 Å². The minimum absolute atomic E-state index is 0.567. The number of aryl methyl sites for hydroxylation is 1. The lowest BCUT2D eigenvalue weighted by Crippen LogP contribution is -2.44. The lowest BCUT2D eigenvalue weighted by Gasteiger charge is -2.29. The van der Waals surface area contributed by atoms with Crippen LogP contribution >= 0.6 is 0 Å². The number of piperidine rings is 1.